The third-order valence-corrected chi connectivity index (χ3v) is 5.92. The van der Waals surface area contributed by atoms with Gasteiger partial charge >= 0.3 is 6.03 Å². The van der Waals surface area contributed by atoms with E-state index in [-0.39, 0.29) is 11.3 Å². The molecule has 0 bridgehead atoms. The van der Waals surface area contributed by atoms with Crippen LogP contribution in [0.4, 0.5) is 10.5 Å². The summed E-state index contributed by atoms with van der Waals surface area (Å²) in [4.78, 5) is 42.1. The minimum atomic E-state index is -0.660. The molecule has 1 aliphatic heterocycles. The summed E-state index contributed by atoms with van der Waals surface area (Å²) in [6, 6.07) is 11.5. The molecule has 9 nitrogen and oxygen atoms in total. The molecule has 0 spiro atoms. The van der Waals surface area contributed by atoms with E-state index >= 15 is 0 Å². The molecule has 1 aliphatic rings. The summed E-state index contributed by atoms with van der Waals surface area (Å²) in [7, 11) is 0. The van der Waals surface area contributed by atoms with Gasteiger partial charge in [0.2, 0.25) is 5.91 Å². The first-order valence-corrected chi connectivity index (χ1v) is 11.7. The maximum Gasteiger partial charge on any atom is 0.325 e. The molecule has 0 saturated carbocycles. The Morgan fingerprint density at radius 3 is 2.73 bits per heavy atom. The van der Waals surface area contributed by atoms with Crippen molar-refractivity contribution >= 4 is 40.3 Å². The van der Waals surface area contributed by atoms with Gasteiger partial charge in [0.05, 0.1) is 16.7 Å². The molecule has 3 aromatic rings. The molecule has 10 heteroatoms. The number of anilines is 1. The van der Waals surface area contributed by atoms with Gasteiger partial charge in [-0.25, -0.2) is 9.78 Å². The standard InChI is InChI=1S/C23H24N4O5S/c1-2-3-10-27-21(29)16-6-4-5-7-17(16)25-23(27)33-14-20(28)26-22(30)24-15-8-9-18-19(13-15)32-12-11-31-18/h4-9,13H,2-3,10-12,14H2,1H3,(H2,24,26,28,30). The van der Waals surface area contributed by atoms with Gasteiger partial charge < -0.3 is 14.8 Å². The molecular weight excluding hydrogens is 444 g/mol. The van der Waals surface area contributed by atoms with Crippen molar-refractivity contribution in [3.63, 3.8) is 0 Å². The maximum atomic E-state index is 12.9. The van der Waals surface area contributed by atoms with Crippen molar-refractivity contribution < 1.29 is 19.1 Å². The van der Waals surface area contributed by atoms with Crippen LogP contribution in [0.1, 0.15) is 19.8 Å². The van der Waals surface area contributed by atoms with Crippen LogP contribution in [-0.2, 0) is 11.3 Å². The number of fused-ring (bicyclic) bond motifs is 2. The second-order valence-corrected chi connectivity index (χ2v) is 8.31. The van der Waals surface area contributed by atoms with Gasteiger partial charge in [0.15, 0.2) is 16.7 Å². The Balaban J connectivity index is 1.40. The number of ether oxygens (including phenoxy) is 2. The number of aromatic nitrogens is 2. The van der Waals surface area contributed by atoms with Crippen LogP contribution in [0.3, 0.4) is 0 Å². The van der Waals surface area contributed by atoms with Crippen molar-refractivity contribution in [1.82, 2.24) is 14.9 Å². The Kier molecular flexibility index (Phi) is 7.13. The minimum absolute atomic E-state index is 0.0640. The molecule has 0 saturated heterocycles. The second kappa shape index (κ2) is 10.4. The number of para-hydroxylation sites is 1. The lowest BCUT2D eigenvalue weighted by Crippen LogP contribution is -2.35. The number of hydrogen-bond donors (Lipinski definition) is 2. The monoisotopic (exact) mass is 468 g/mol. The Bertz CT molecular complexity index is 1240. The van der Waals surface area contributed by atoms with Crippen LogP contribution < -0.4 is 25.7 Å². The van der Waals surface area contributed by atoms with Crippen molar-refractivity contribution in [3.05, 3.63) is 52.8 Å². The molecule has 172 valence electrons. The highest BCUT2D eigenvalue weighted by Crippen LogP contribution is 2.32. The Morgan fingerprint density at radius 1 is 1.12 bits per heavy atom. The summed E-state index contributed by atoms with van der Waals surface area (Å²) < 4.78 is 12.5. The molecule has 2 aromatic carbocycles. The fraction of sp³-hybridized carbons (Fsp3) is 0.304. The van der Waals surface area contributed by atoms with Gasteiger partial charge in [0.1, 0.15) is 13.2 Å². The average molecular weight is 469 g/mol. The molecule has 0 unspecified atom stereocenters. The highest BCUT2D eigenvalue weighted by molar-refractivity contribution is 7.99. The topological polar surface area (TPSA) is 112 Å². The first-order valence-electron chi connectivity index (χ1n) is 10.7. The predicted molar refractivity (Wildman–Crippen MR) is 126 cm³/mol. The lowest BCUT2D eigenvalue weighted by atomic mass is 10.2. The van der Waals surface area contributed by atoms with Crippen molar-refractivity contribution in [1.29, 1.82) is 0 Å². The summed E-state index contributed by atoms with van der Waals surface area (Å²) in [6.45, 7) is 3.47. The summed E-state index contributed by atoms with van der Waals surface area (Å²) in [5, 5.41) is 5.90. The van der Waals surface area contributed by atoms with Crippen LogP contribution in [-0.4, -0.2) is 40.5 Å². The number of carbonyl (C=O) groups excluding carboxylic acids is 2. The van der Waals surface area contributed by atoms with Crippen LogP contribution in [0.15, 0.2) is 52.4 Å². The number of carbonyl (C=O) groups is 2. The third kappa shape index (κ3) is 5.46. The number of thioether (sulfide) groups is 1. The number of imide groups is 1. The van der Waals surface area contributed by atoms with Crippen LogP contribution in [0, 0.1) is 0 Å². The van der Waals surface area contributed by atoms with Gasteiger partial charge in [-0.15, -0.1) is 0 Å². The van der Waals surface area contributed by atoms with E-state index in [1.54, 1.807) is 41.0 Å². The van der Waals surface area contributed by atoms with Crippen molar-refractivity contribution in [2.45, 2.75) is 31.5 Å². The van der Waals surface area contributed by atoms with Crippen LogP contribution in [0.5, 0.6) is 11.5 Å². The minimum Gasteiger partial charge on any atom is -0.486 e. The van der Waals surface area contributed by atoms with Crippen molar-refractivity contribution in [2.24, 2.45) is 0 Å². The molecule has 0 atom stereocenters. The summed E-state index contributed by atoms with van der Waals surface area (Å²) in [6.07, 6.45) is 1.74. The molecule has 0 radical (unpaired) electrons. The lowest BCUT2D eigenvalue weighted by molar-refractivity contribution is -0.117. The number of benzene rings is 2. The first kappa shape index (κ1) is 22.7. The maximum absolute atomic E-state index is 12.9. The fourth-order valence-corrected chi connectivity index (χ4v) is 4.17. The quantitative estimate of drug-likeness (QED) is 0.404. The molecule has 0 fully saturated rings. The first-order chi connectivity index (χ1) is 16.0. The molecule has 2 heterocycles. The number of hydrogen-bond acceptors (Lipinski definition) is 7. The number of nitrogens with one attached hydrogen (secondary N) is 2. The van der Waals surface area contributed by atoms with Gasteiger partial charge in [-0.05, 0) is 30.7 Å². The third-order valence-electron chi connectivity index (χ3n) is 4.95. The zero-order valence-corrected chi connectivity index (χ0v) is 18.9. The number of rotatable bonds is 7. The van der Waals surface area contributed by atoms with Gasteiger partial charge in [-0.2, -0.15) is 0 Å². The zero-order valence-electron chi connectivity index (χ0n) is 18.1. The number of amides is 3. The largest absolute Gasteiger partial charge is 0.486 e. The van der Waals surface area contributed by atoms with Crippen LogP contribution >= 0.6 is 11.8 Å². The summed E-state index contributed by atoms with van der Waals surface area (Å²) >= 11 is 1.12. The van der Waals surface area contributed by atoms with E-state index in [0.717, 1.165) is 24.6 Å². The van der Waals surface area contributed by atoms with E-state index in [1.165, 1.54) is 0 Å². The molecule has 2 N–H and O–H groups in total. The van der Waals surface area contributed by atoms with Gasteiger partial charge in [-0.1, -0.05) is 37.2 Å². The highest BCUT2D eigenvalue weighted by atomic mass is 32.2. The summed E-state index contributed by atoms with van der Waals surface area (Å²) in [5.74, 6) is 0.579. The number of nitrogens with zero attached hydrogens (tertiary/aromatic N) is 2. The Morgan fingerprint density at radius 2 is 1.91 bits per heavy atom. The van der Waals surface area contributed by atoms with E-state index in [2.05, 4.69) is 15.6 Å². The SMILES string of the molecule is CCCCn1c(SCC(=O)NC(=O)Nc2ccc3c(c2)OCCO3)nc2ccccc2c1=O. The molecular formula is C23H24N4O5S. The molecule has 0 aliphatic carbocycles. The van der Waals surface area contributed by atoms with Crippen LogP contribution in [0.25, 0.3) is 10.9 Å². The zero-order chi connectivity index (χ0) is 23.2. The normalized spacial score (nSPS) is 12.4. The number of urea groups is 1. The van der Waals surface area contributed by atoms with E-state index in [9.17, 15) is 14.4 Å². The molecule has 4 rings (SSSR count). The van der Waals surface area contributed by atoms with Gasteiger partial charge in [0, 0.05) is 18.3 Å². The van der Waals surface area contributed by atoms with Gasteiger partial charge in [-0.3, -0.25) is 19.5 Å². The van der Waals surface area contributed by atoms with E-state index < -0.39 is 11.9 Å². The fourth-order valence-electron chi connectivity index (χ4n) is 3.35. The second-order valence-electron chi connectivity index (χ2n) is 7.37. The lowest BCUT2D eigenvalue weighted by Gasteiger charge is -2.19. The van der Waals surface area contributed by atoms with Crippen molar-refractivity contribution in [2.75, 3.05) is 24.3 Å². The molecule has 1 aromatic heterocycles. The summed E-state index contributed by atoms with van der Waals surface area (Å²) in [5.41, 5.74) is 0.921. The predicted octanol–water partition coefficient (Wildman–Crippen LogP) is 3.41. The smallest absolute Gasteiger partial charge is 0.325 e. The van der Waals surface area contributed by atoms with E-state index in [4.69, 9.17) is 9.47 Å². The van der Waals surface area contributed by atoms with Crippen LogP contribution in [0.2, 0.25) is 0 Å². The number of unbranched alkanes of at least 4 members (excludes halogenated alkanes) is 1. The Labute approximate surface area is 194 Å². The Hall–Kier alpha value is -3.53. The highest BCUT2D eigenvalue weighted by Gasteiger charge is 2.16. The molecule has 33 heavy (non-hydrogen) atoms. The van der Waals surface area contributed by atoms with Gasteiger partial charge in [0.25, 0.3) is 5.56 Å². The average Bonchev–Trinajstić information content (AvgIpc) is 2.82. The van der Waals surface area contributed by atoms with E-state index in [0.29, 0.717) is 53.0 Å². The van der Waals surface area contributed by atoms with E-state index in [1.807, 2.05) is 13.0 Å². The van der Waals surface area contributed by atoms with Crippen molar-refractivity contribution in [3.8, 4) is 11.5 Å². The molecule has 3 amide bonds.